The van der Waals surface area contributed by atoms with Gasteiger partial charge in [0.05, 0.1) is 6.33 Å². The summed E-state index contributed by atoms with van der Waals surface area (Å²) in [6.07, 6.45) is 6.57. The van der Waals surface area contributed by atoms with Gasteiger partial charge in [-0.2, -0.15) is 0 Å². The number of hydrogen-bond acceptors (Lipinski definition) is 5. The number of imidazole rings is 1. The molecule has 90 valence electrons. The monoisotopic (exact) mass is 232 g/mol. The van der Waals surface area contributed by atoms with Gasteiger partial charge >= 0.3 is 0 Å². The molecule has 0 radical (unpaired) electrons. The van der Waals surface area contributed by atoms with Crippen LogP contribution in [0.3, 0.4) is 0 Å². The molecule has 0 saturated heterocycles. The number of nitrogens with zero attached hydrogens (tertiary/aromatic N) is 3. The molecule has 0 aliphatic rings. The number of nitrogen functional groups attached to an aromatic ring is 1. The summed E-state index contributed by atoms with van der Waals surface area (Å²) in [6, 6.07) is 5.63. The number of rotatable bonds is 6. The minimum Gasteiger partial charge on any atom is -0.370 e. The predicted octanol–water partition coefficient (Wildman–Crippen LogP) is 1.07. The third-order valence-corrected chi connectivity index (χ3v) is 2.36. The van der Waals surface area contributed by atoms with Crippen LogP contribution in [0.15, 0.2) is 36.9 Å². The second-order valence-corrected chi connectivity index (χ2v) is 3.63. The molecule has 2 aromatic heterocycles. The largest absolute Gasteiger partial charge is 0.370 e. The van der Waals surface area contributed by atoms with E-state index in [1.54, 1.807) is 6.20 Å². The van der Waals surface area contributed by atoms with Crippen LogP contribution in [-0.4, -0.2) is 21.1 Å². The smallest absolute Gasteiger partial charge is 0.142 e. The van der Waals surface area contributed by atoms with Crippen LogP contribution in [0.25, 0.3) is 0 Å². The van der Waals surface area contributed by atoms with E-state index in [4.69, 9.17) is 5.84 Å². The Hall–Kier alpha value is -2.08. The zero-order valence-electron chi connectivity index (χ0n) is 9.50. The number of aromatic nitrogens is 3. The second-order valence-electron chi connectivity index (χ2n) is 3.63. The average molecular weight is 232 g/mol. The summed E-state index contributed by atoms with van der Waals surface area (Å²) in [7, 11) is 0. The number of anilines is 2. The van der Waals surface area contributed by atoms with Crippen LogP contribution in [-0.2, 0) is 6.54 Å². The lowest BCUT2D eigenvalue weighted by atomic mass is 10.4. The summed E-state index contributed by atoms with van der Waals surface area (Å²) in [5.41, 5.74) is 2.52. The van der Waals surface area contributed by atoms with E-state index < -0.39 is 0 Å². The van der Waals surface area contributed by atoms with Crippen molar-refractivity contribution in [2.75, 3.05) is 17.3 Å². The van der Waals surface area contributed by atoms with Crippen LogP contribution in [0.4, 0.5) is 11.6 Å². The molecule has 0 aliphatic heterocycles. The molecule has 0 fully saturated rings. The number of nitrogens with two attached hydrogens (primary N) is 1. The van der Waals surface area contributed by atoms with Crippen molar-refractivity contribution in [3.8, 4) is 0 Å². The maximum atomic E-state index is 5.29. The Morgan fingerprint density at radius 3 is 2.94 bits per heavy atom. The lowest BCUT2D eigenvalue weighted by Gasteiger charge is -2.07. The highest BCUT2D eigenvalue weighted by Gasteiger charge is 1.95. The van der Waals surface area contributed by atoms with E-state index in [2.05, 4.69) is 20.7 Å². The summed E-state index contributed by atoms with van der Waals surface area (Å²) >= 11 is 0. The highest BCUT2D eigenvalue weighted by Crippen LogP contribution is 2.07. The maximum absolute atomic E-state index is 5.29. The fourth-order valence-corrected chi connectivity index (χ4v) is 1.51. The van der Waals surface area contributed by atoms with Crippen LogP contribution in [0.1, 0.15) is 6.42 Å². The lowest BCUT2D eigenvalue weighted by Crippen LogP contribution is -2.11. The number of hydrogen-bond donors (Lipinski definition) is 3. The van der Waals surface area contributed by atoms with Crippen molar-refractivity contribution in [3.05, 3.63) is 36.9 Å². The molecule has 0 aliphatic carbocycles. The zero-order chi connectivity index (χ0) is 11.9. The minimum absolute atomic E-state index is 0.657. The van der Waals surface area contributed by atoms with Crippen molar-refractivity contribution in [1.82, 2.24) is 14.5 Å². The molecular formula is C11H16N6. The van der Waals surface area contributed by atoms with Crippen molar-refractivity contribution in [3.63, 3.8) is 0 Å². The molecule has 0 aromatic carbocycles. The maximum Gasteiger partial charge on any atom is 0.142 e. The Morgan fingerprint density at radius 1 is 1.29 bits per heavy atom. The molecule has 0 amide bonds. The summed E-state index contributed by atoms with van der Waals surface area (Å²) in [4.78, 5) is 8.25. The van der Waals surface area contributed by atoms with E-state index in [1.165, 1.54) is 0 Å². The van der Waals surface area contributed by atoms with E-state index in [9.17, 15) is 0 Å². The van der Waals surface area contributed by atoms with Crippen LogP contribution < -0.4 is 16.6 Å². The number of pyridine rings is 1. The van der Waals surface area contributed by atoms with Gasteiger partial charge in [-0.05, 0) is 18.6 Å². The van der Waals surface area contributed by atoms with Crippen LogP contribution in [0.5, 0.6) is 0 Å². The highest BCUT2D eigenvalue weighted by molar-refractivity contribution is 5.44. The van der Waals surface area contributed by atoms with E-state index in [0.717, 1.165) is 25.3 Å². The van der Waals surface area contributed by atoms with Gasteiger partial charge in [0.15, 0.2) is 0 Å². The molecule has 0 unspecified atom stereocenters. The number of aryl methyl sites for hydroxylation is 1. The van der Waals surface area contributed by atoms with E-state index in [0.29, 0.717) is 5.82 Å². The molecule has 2 heterocycles. The molecule has 2 aromatic rings. The number of nitrogens with one attached hydrogen (secondary N) is 2. The third kappa shape index (κ3) is 3.46. The molecule has 0 spiro atoms. The first-order valence-corrected chi connectivity index (χ1v) is 5.52. The van der Waals surface area contributed by atoms with Gasteiger partial charge in [-0.15, -0.1) is 0 Å². The van der Waals surface area contributed by atoms with Crippen LogP contribution in [0, 0.1) is 0 Å². The first-order valence-electron chi connectivity index (χ1n) is 5.52. The molecule has 0 saturated carbocycles. The SMILES string of the molecule is NNc1cccc(NCCCn2ccnc2)n1. The van der Waals surface area contributed by atoms with Gasteiger partial charge in [0, 0.05) is 25.5 Å². The quantitative estimate of drug-likeness (QED) is 0.394. The van der Waals surface area contributed by atoms with Crippen molar-refractivity contribution in [1.29, 1.82) is 0 Å². The summed E-state index contributed by atoms with van der Waals surface area (Å²) in [5, 5.41) is 3.24. The molecule has 2 rings (SSSR count). The van der Waals surface area contributed by atoms with Gasteiger partial charge in [0.2, 0.25) is 0 Å². The normalized spacial score (nSPS) is 10.2. The van der Waals surface area contributed by atoms with Crippen molar-refractivity contribution < 1.29 is 0 Å². The van der Waals surface area contributed by atoms with E-state index in [-0.39, 0.29) is 0 Å². The van der Waals surface area contributed by atoms with Gasteiger partial charge in [-0.1, -0.05) is 6.07 Å². The van der Waals surface area contributed by atoms with E-state index >= 15 is 0 Å². The molecule has 17 heavy (non-hydrogen) atoms. The predicted molar refractivity (Wildman–Crippen MR) is 67.4 cm³/mol. The van der Waals surface area contributed by atoms with Gasteiger partial charge in [-0.25, -0.2) is 15.8 Å². The summed E-state index contributed by atoms with van der Waals surface area (Å²) in [6.45, 7) is 1.81. The van der Waals surface area contributed by atoms with Gasteiger partial charge in [-0.3, -0.25) is 0 Å². The van der Waals surface area contributed by atoms with Crippen molar-refractivity contribution in [2.24, 2.45) is 5.84 Å². The second kappa shape index (κ2) is 5.86. The van der Waals surface area contributed by atoms with Gasteiger partial charge in [0.1, 0.15) is 11.6 Å². The first-order chi connectivity index (χ1) is 8.38. The van der Waals surface area contributed by atoms with Gasteiger partial charge in [0.25, 0.3) is 0 Å². The fourth-order valence-electron chi connectivity index (χ4n) is 1.51. The number of hydrazine groups is 1. The van der Waals surface area contributed by atoms with Crippen molar-refractivity contribution in [2.45, 2.75) is 13.0 Å². The van der Waals surface area contributed by atoms with Gasteiger partial charge < -0.3 is 15.3 Å². The zero-order valence-corrected chi connectivity index (χ0v) is 9.50. The Morgan fingerprint density at radius 2 is 2.18 bits per heavy atom. The average Bonchev–Trinajstić information content (AvgIpc) is 2.88. The topological polar surface area (TPSA) is 80.8 Å². The van der Waals surface area contributed by atoms with Crippen molar-refractivity contribution >= 4 is 11.6 Å². The molecular weight excluding hydrogens is 216 g/mol. The summed E-state index contributed by atoms with van der Waals surface area (Å²) in [5.74, 6) is 6.77. The molecule has 6 nitrogen and oxygen atoms in total. The molecule has 0 atom stereocenters. The molecule has 0 bridgehead atoms. The first kappa shape index (κ1) is 11.4. The molecule has 4 N–H and O–H groups in total. The third-order valence-electron chi connectivity index (χ3n) is 2.36. The standard InChI is InChI=1S/C11H16N6/c12-16-11-4-1-3-10(15-11)14-5-2-7-17-8-6-13-9-17/h1,3-4,6,8-9H,2,5,7,12H2,(H2,14,15,16). The van der Waals surface area contributed by atoms with Crippen LogP contribution in [0.2, 0.25) is 0 Å². The van der Waals surface area contributed by atoms with E-state index in [1.807, 2.05) is 35.3 Å². The Balaban J connectivity index is 1.74. The Bertz CT molecular complexity index is 439. The summed E-state index contributed by atoms with van der Waals surface area (Å²) < 4.78 is 2.05. The Labute approximate surface area is 99.9 Å². The minimum atomic E-state index is 0.657. The molecule has 6 heteroatoms. The lowest BCUT2D eigenvalue weighted by molar-refractivity contribution is 0.660. The Kier molecular flexibility index (Phi) is 3.93. The van der Waals surface area contributed by atoms with Crippen LogP contribution >= 0.6 is 0 Å². The fraction of sp³-hybridized carbons (Fsp3) is 0.273. The highest BCUT2D eigenvalue weighted by atomic mass is 15.3.